The number of hydrogen-bond acceptors (Lipinski definition) is 3. The monoisotopic (exact) mass is 438 g/mol. The van der Waals surface area contributed by atoms with E-state index in [1.807, 2.05) is 43.9 Å². The second kappa shape index (κ2) is 9.43. The molecule has 0 saturated heterocycles. The van der Waals surface area contributed by atoms with Gasteiger partial charge in [-0.1, -0.05) is 68.2 Å². The number of rotatable bonds is 8. The summed E-state index contributed by atoms with van der Waals surface area (Å²) >= 11 is 0. The van der Waals surface area contributed by atoms with Crippen molar-refractivity contribution in [1.29, 1.82) is 0 Å². The van der Waals surface area contributed by atoms with Crippen LogP contribution in [0.4, 0.5) is 20.2 Å². The van der Waals surface area contributed by atoms with E-state index in [4.69, 9.17) is 4.74 Å². The Labute approximate surface area is 183 Å². The third-order valence-corrected chi connectivity index (χ3v) is 6.79. The molecular weight excluding hydrogens is 410 g/mol. The molecule has 0 radical (unpaired) electrons. The number of alkyl halides is 2. The van der Waals surface area contributed by atoms with Gasteiger partial charge in [-0.2, -0.15) is 8.78 Å². The summed E-state index contributed by atoms with van der Waals surface area (Å²) in [4.78, 5) is 4.50. The van der Waals surface area contributed by atoms with Crippen molar-refractivity contribution in [2.45, 2.75) is 31.6 Å². The molecule has 0 aliphatic carbocycles. The molecule has 0 fully saturated rings. The Balaban J connectivity index is 2.09. The third-order valence-electron chi connectivity index (χ3n) is 4.92. The van der Waals surface area contributed by atoms with Gasteiger partial charge in [0.05, 0.1) is 18.1 Å². The Hall–Kier alpha value is -2.99. The summed E-state index contributed by atoms with van der Waals surface area (Å²) < 4.78 is 37.7. The van der Waals surface area contributed by atoms with Crippen LogP contribution in [0.3, 0.4) is 0 Å². The van der Waals surface area contributed by atoms with Gasteiger partial charge in [-0.15, -0.1) is 0 Å². The van der Waals surface area contributed by atoms with Crippen LogP contribution in [-0.2, 0) is 0 Å². The lowest BCUT2D eigenvalue weighted by Crippen LogP contribution is -2.51. The first-order valence-corrected chi connectivity index (χ1v) is 13.7. The molecule has 0 spiro atoms. The fourth-order valence-electron chi connectivity index (χ4n) is 3.39. The van der Waals surface area contributed by atoms with E-state index in [2.05, 4.69) is 10.3 Å². The van der Waals surface area contributed by atoms with E-state index in [1.165, 1.54) is 0 Å². The highest BCUT2D eigenvalue weighted by Crippen LogP contribution is 2.39. The summed E-state index contributed by atoms with van der Waals surface area (Å²) in [6.45, 7) is 5.69. The molecular formula is C25H28F2N2OSi. The molecule has 162 valence electrons. The summed E-state index contributed by atoms with van der Waals surface area (Å²) in [5.74, 6) is -2.55. The van der Waals surface area contributed by atoms with Crippen LogP contribution >= 0.6 is 0 Å². The van der Waals surface area contributed by atoms with Gasteiger partial charge in [0.2, 0.25) is 0 Å². The number of anilines is 1. The summed E-state index contributed by atoms with van der Waals surface area (Å²) in [6, 6.07) is 23.6. The van der Waals surface area contributed by atoms with Gasteiger partial charge in [0, 0.05) is 5.69 Å². The fraction of sp³-hybridized carbons (Fsp3) is 0.240. The molecule has 3 aromatic carbocycles. The quantitative estimate of drug-likeness (QED) is 0.300. The first-order chi connectivity index (χ1) is 14.7. The Morgan fingerprint density at radius 1 is 0.871 bits per heavy atom. The van der Waals surface area contributed by atoms with E-state index < -0.39 is 20.0 Å². The highest BCUT2D eigenvalue weighted by Gasteiger charge is 2.50. The van der Waals surface area contributed by atoms with Crippen LogP contribution in [0.1, 0.15) is 11.6 Å². The second-order valence-corrected chi connectivity index (χ2v) is 13.4. The van der Waals surface area contributed by atoms with E-state index in [-0.39, 0.29) is 5.33 Å². The zero-order valence-electron chi connectivity index (χ0n) is 18.3. The minimum absolute atomic E-state index is 0.0533. The largest absolute Gasteiger partial charge is 0.497 e. The molecule has 0 amide bonds. The molecule has 0 aromatic heterocycles. The van der Waals surface area contributed by atoms with Gasteiger partial charge in [0.25, 0.3) is 0 Å². The number of nitrogens with zero attached hydrogens (tertiary/aromatic N) is 1. The molecule has 3 aromatic rings. The molecule has 1 unspecified atom stereocenters. The minimum Gasteiger partial charge on any atom is -0.497 e. The lowest BCUT2D eigenvalue weighted by atomic mass is 10.00. The maximum atomic E-state index is 16.3. The van der Waals surface area contributed by atoms with Gasteiger partial charge in [-0.05, 0) is 42.0 Å². The molecule has 3 rings (SSSR count). The predicted octanol–water partition coefficient (Wildman–Crippen LogP) is 7.13. The number of nitrogens with one attached hydrogen (secondary N) is 1. The highest BCUT2D eigenvalue weighted by molar-refractivity contribution is 7.05. The van der Waals surface area contributed by atoms with Crippen LogP contribution in [0.2, 0.25) is 19.6 Å². The van der Waals surface area contributed by atoms with Crippen LogP contribution in [0.15, 0.2) is 89.9 Å². The zero-order chi connectivity index (χ0) is 22.5. The van der Waals surface area contributed by atoms with Gasteiger partial charge >= 0.3 is 5.92 Å². The van der Waals surface area contributed by atoms with Gasteiger partial charge in [0.1, 0.15) is 19.9 Å². The Bertz CT molecular complexity index is 1000. The van der Waals surface area contributed by atoms with E-state index in [0.29, 0.717) is 22.7 Å². The molecule has 0 bridgehead atoms. The Morgan fingerprint density at radius 2 is 1.42 bits per heavy atom. The van der Waals surface area contributed by atoms with Crippen molar-refractivity contribution in [2.24, 2.45) is 4.99 Å². The first kappa shape index (κ1) is 22.7. The molecule has 0 saturated carbocycles. The van der Waals surface area contributed by atoms with Crippen LogP contribution in [0, 0.1) is 0 Å². The van der Waals surface area contributed by atoms with Crippen LogP contribution < -0.4 is 10.1 Å². The molecule has 1 N–H and O–H groups in total. The number of benzene rings is 3. The molecule has 1 atom stereocenters. The van der Waals surface area contributed by atoms with Crippen molar-refractivity contribution < 1.29 is 13.5 Å². The summed E-state index contributed by atoms with van der Waals surface area (Å²) in [7, 11) is -0.942. The van der Waals surface area contributed by atoms with Gasteiger partial charge < -0.3 is 10.1 Å². The first-order valence-electron chi connectivity index (χ1n) is 10.2. The van der Waals surface area contributed by atoms with Gasteiger partial charge in [0.15, 0.2) is 0 Å². The molecule has 31 heavy (non-hydrogen) atoms. The Morgan fingerprint density at radius 3 is 1.94 bits per heavy atom. The minimum atomic E-state index is -3.21. The SMILES string of the molecule is COc1ccc(N=C(C(F)(F)C(Nc2ccccc2)c2ccccc2)[Si](C)(C)C)cc1. The summed E-state index contributed by atoms with van der Waals surface area (Å²) in [5.41, 5.74) is 1.64. The van der Waals surface area contributed by atoms with Crippen LogP contribution in [0.5, 0.6) is 5.75 Å². The van der Waals surface area contributed by atoms with Gasteiger partial charge in [-0.3, -0.25) is 4.99 Å². The molecule has 6 heteroatoms. The van der Waals surface area contributed by atoms with Crippen LogP contribution in [-0.4, -0.2) is 26.4 Å². The Kier molecular flexibility index (Phi) is 6.90. The number of aliphatic imine (C=N–C) groups is 1. The number of hydrogen-bond donors (Lipinski definition) is 1. The van der Waals surface area contributed by atoms with Crippen molar-refractivity contribution in [3.8, 4) is 5.75 Å². The number of ether oxygens (including phenoxy) is 1. The number of halogens is 2. The van der Waals surface area contributed by atoms with Crippen LogP contribution in [0.25, 0.3) is 0 Å². The maximum Gasteiger partial charge on any atom is 0.305 e. The van der Waals surface area contributed by atoms with E-state index >= 15 is 8.78 Å². The smallest absolute Gasteiger partial charge is 0.305 e. The molecule has 0 aliphatic rings. The maximum absolute atomic E-state index is 16.3. The standard InChI is InChI=1S/C25H28F2N2OSi/c1-30-22-17-15-21(16-18-22)29-24(31(2,3)4)25(26,27)23(19-11-7-5-8-12-19)28-20-13-9-6-10-14-20/h5-18,23,28H,1-4H3. The predicted molar refractivity (Wildman–Crippen MR) is 128 cm³/mol. The van der Waals surface area contributed by atoms with Crippen molar-refractivity contribution in [3.63, 3.8) is 0 Å². The molecule has 3 nitrogen and oxygen atoms in total. The van der Waals surface area contributed by atoms with Crippen molar-refractivity contribution in [3.05, 3.63) is 90.5 Å². The average molecular weight is 439 g/mol. The zero-order valence-corrected chi connectivity index (χ0v) is 19.3. The fourth-order valence-corrected chi connectivity index (χ4v) is 5.00. The number of para-hydroxylation sites is 1. The second-order valence-electron chi connectivity index (χ2n) is 8.39. The third kappa shape index (κ3) is 5.58. The van der Waals surface area contributed by atoms with Crippen molar-refractivity contribution >= 4 is 24.8 Å². The lowest BCUT2D eigenvalue weighted by molar-refractivity contribution is 0.0579. The van der Waals surface area contributed by atoms with E-state index in [1.54, 1.807) is 67.8 Å². The number of methoxy groups -OCH3 is 1. The summed E-state index contributed by atoms with van der Waals surface area (Å²) in [5, 5.41) is 3.01. The lowest BCUT2D eigenvalue weighted by Gasteiger charge is -2.34. The van der Waals surface area contributed by atoms with Crippen molar-refractivity contribution in [1.82, 2.24) is 0 Å². The highest BCUT2D eigenvalue weighted by atomic mass is 28.3. The normalized spacial score (nSPS) is 13.5. The molecule has 0 aliphatic heterocycles. The van der Waals surface area contributed by atoms with Gasteiger partial charge in [-0.25, -0.2) is 0 Å². The van der Waals surface area contributed by atoms with E-state index in [0.717, 1.165) is 0 Å². The van der Waals surface area contributed by atoms with Crippen molar-refractivity contribution in [2.75, 3.05) is 12.4 Å². The molecule has 0 heterocycles. The summed E-state index contributed by atoms with van der Waals surface area (Å²) in [6.07, 6.45) is 0. The topological polar surface area (TPSA) is 33.6 Å². The average Bonchev–Trinajstić information content (AvgIpc) is 2.76. The van der Waals surface area contributed by atoms with E-state index in [9.17, 15) is 0 Å².